The molecule has 0 aliphatic heterocycles. The van der Waals surface area contributed by atoms with Crippen molar-refractivity contribution in [3.05, 3.63) is 42.0 Å². The zero-order valence-corrected chi connectivity index (χ0v) is 9.60. The predicted molar refractivity (Wildman–Crippen MR) is 63.7 cm³/mol. The van der Waals surface area contributed by atoms with Gasteiger partial charge in [0.2, 0.25) is 0 Å². The van der Waals surface area contributed by atoms with Crippen molar-refractivity contribution in [3.8, 4) is 0 Å². The molecule has 1 aromatic carbocycles. The number of rotatable bonds is 3. The predicted octanol–water partition coefficient (Wildman–Crippen LogP) is 4.28. The van der Waals surface area contributed by atoms with Crippen LogP contribution in [0.3, 0.4) is 0 Å². The van der Waals surface area contributed by atoms with E-state index in [1.807, 2.05) is 11.8 Å². The van der Waals surface area contributed by atoms with Gasteiger partial charge in [-0.25, -0.2) is 0 Å². The minimum absolute atomic E-state index is 0.441. The minimum atomic E-state index is 0.441. The average molecular weight is 204 g/mol. The van der Waals surface area contributed by atoms with E-state index in [4.69, 9.17) is 0 Å². The first kappa shape index (κ1) is 9.85. The van der Waals surface area contributed by atoms with Gasteiger partial charge in [0, 0.05) is 9.64 Å². The van der Waals surface area contributed by atoms with Gasteiger partial charge >= 0.3 is 0 Å². The zero-order valence-electron chi connectivity index (χ0n) is 8.79. The van der Waals surface area contributed by atoms with Crippen LogP contribution in [-0.2, 0) is 0 Å². The highest BCUT2D eigenvalue weighted by Gasteiger charge is 2.44. The van der Waals surface area contributed by atoms with Crippen LogP contribution in [0.2, 0.25) is 0 Å². The molecule has 0 bridgehead atoms. The molecule has 0 radical (unpaired) electrons. The molecule has 1 heteroatoms. The fourth-order valence-electron chi connectivity index (χ4n) is 1.67. The molecule has 0 aromatic heterocycles. The molecule has 74 valence electrons. The zero-order chi connectivity index (χ0) is 10.0. The van der Waals surface area contributed by atoms with Crippen LogP contribution in [0.1, 0.15) is 26.7 Å². The van der Waals surface area contributed by atoms with Crippen molar-refractivity contribution >= 4 is 11.8 Å². The van der Waals surface area contributed by atoms with Crippen LogP contribution < -0.4 is 0 Å². The Morgan fingerprint density at radius 2 is 1.93 bits per heavy atom. The molecule has 1 saturated carbocycles. The SMILES string of the molecule is C/C=C(\C)C1(Sc2ccccc2)CC1. The topological polar surface area (TPSA) is 0 Å². The molecule has 1 aliphatic rings. The third-order valence-corrected chi connectivity index (χ3v) is 4.54. The van der Waals surface area contributed by atoms with Crippen LogP contribution in [0, 0.1) is 0 Å². The Morgan fingerprint density at radius 3 is 2.43 bits per heavy atom. The molecule has 0 N–H and O–H groups in total. The van der Waals surface area contributed by atoms with Crippen molar-refractivity contribution < 1.29 is 0 Å². The summed E-state index contributed by atoms with van der Waals surface area (Å²) in [5.74, 6) is 0. The summed E-state index contributed by atoms with van der Waals surface area (Å²) in [7, 11) is 0. The van der Waals surface area contributed by atoms with Crippen LogP contribution in [0.4, 0.5) is 0 Å². The molecule has 0 spiro atoms. The van der Waals surface area contributed by atoms with Crippen molar-refractivity contribution in [2.75, 3.05) is 0 Å². The summed E-state index contributed by atoms with van der Waals surface area (Å²) in [6.07, 6.45) is 4.93. The second kappa shape index (κ2) is 3.82. The van der Waals surface area contributed by atoms with Crippen molar-refractivity contribution in [1.29, 1.82) is 0 Å². The monoisotopic (exact) mass is 204 g/mol. The number of hydrogen-bond donors (Lipinski definition) is 0. The molecular weight excluding hydrogens is 188 g/mol. The quantitative estimate of drug-likeness (QED) is 0.662. The minimum Gasteiger partial charge on any atom is -0.115 e. The maximum atomic E-state index is 2.25. The summed E-state index contributed by atoms with van der Waals surface area (Å²) in [5.41, 5.74) is 1.53. The normalized spacial score (nSPS) is 19.4. The Balaban J connectivity index is 2.12. The molecule has 1 aliphatic carbocycles. The van der Waals surface area contributed by atoms with Crippen molar-refractivity contribution in [1.82, 2.24) is 0 Å². The largest absolute Gasteiger partial charge is 0.115 e. The summed E-state index contributed by atoms with van der Waals surface area (Å²) in [4.78, 5) is 1.39. The maximum Gasteiger partial charge on any atom is 0.0413 e. The molecule has 0 nitrogen and oxygen atoms in total. The van der Waals surface area contributed by atoms with E-state index in [0.29, 0.717) is 4.75 Å². The highest BCUT2D eigenvalue weighted by molar-refractivity contribution is 8.01. The first-order valence-electron chi connectivity index (χ1n) is 5.14. The fraction of sp³-hybridized carbons (Fsp3) is 0.385. The molecular formula is C13H16S. The first-order chi connectivity index (χ1) is 6.77. The molecule has 0 saturated heterocycles. The molecule has 0 atom stereocenters. The summed E-state index contributed by atoms with van der Waals surface area (Å²) < 4.78 is 0.441. The van der Waals surface area contributed by atoms with E-state index in [9.17, 15) is 0 Å². The molecule has 2 rings (SSSR count). The Hall–Kier alpha value is -0.690. The van der Waals surface area contributed by atoms with Gasteiger partial charge in [0.05, 0.1) is 0 Å². The second-order valence-electron chi connectivity index (χ2n) is 3.88. The standard InChI is InChI=1S/C13H16S/c1-3-11(2)13(9-10-13)14-12-7-5-4-6-8-12/h3-8H,9-10H2,1-2H3/b11-3+. The summed E-state index contributed by atoms with van der Waals surface area (Å²) in [6, 6.07) is 10.7. The summed E-state index contributed by atoms with van der Waals surface area (Å²) in [6.45, 7) is 4.39. The fourth-order valence-corrected chi connectivity index (χ4v) is 3.00. The van der Waals surface area contributed by atoms with Gasteiger partial charge in [0.15, 0.2) is 0 Å². The lowest BCUT2D eigenvalue weighted by atomic mass is 10.2. The van der Waals surface area contributed by atoms with E-state index in [-0.39, 0.29) is 0 Å². The number of allylic oxidation sites excluding steroid dienone is 1. The molecule has 14 heavy (non-hydrogen) atoms. The highest BCUT2D eigenvalue weighted by Crippen LogP contribution is 2.56. The smallest absolute Gasteiger partial charge is 0.0413 e. The second-order valence-corrected chi connectivity index (χ2v) is 5.34. The number of hydrogen-bond acceptors (Lipinski definition) is 1. The van der Waals surface area contributed by atoms with Crippen LogP contribution >= 0.6 is 11.8 Å². The van der Waals surface area contributed by atoms with Crippen LogP contribution in [0.5, 0.6) is 0 Å². The van der Waals surface area contributed by atoms with Gasteiger partial charge < -0.3 is 0 Å². The Labute approximate surface area is 90.4 Å². The first-order valence-corrected chi connectivity index (χ1v) is 5.96. The van der Waals surface area contributed by atoms with E-state index in [1.54, 1.807) is 0 Å². The van der Waals surface area contributed by atoms with E-state index in [2.05, 4.69) is 50.3 Å². The lowest BCUT2D eigenvalue weighted by Crippen LogP contribution is -2.03. The Morgan fingerprint density at radius 1 is 1.29 bits per heavy atom. The molecule has 1 aromatic rings. The van der Waals surface area contributed by atoms with Gasteiger partial charge in [-0.1, -0.05) is 29.8 Å². The van der Waals surface area contributed by atoms with Gasteiger partial charge in [0.25, 0.3) is 0 Å². The van der Waals surface area contributed by atoms with Gasteiger partial charge in [-0.05, 0) is 38.8 Å². The van der Waals surface area contributed by atoms with Gasteiger partial charge in [0.1, 0.15) is 0 Å². The van der Waals surface area contributed by atoms with Crippen LogP contribution in [0.25, 0.3) is 0 Å². The third-order valence-electron chi connectivity index (χ3n) is 2.91. The van der Waals surface area contributed by atoms with Gasteiger partial charge in [-0.3, -0.25) is 0 Å². The van der Waals surface area contributed by atoms with Crippen molar-refractivity contribution in [2.24, 2.45) is 0 Å². The van der Waals surface area contributed by atoms with Crippen molar-refractivity contribution in [2.45, 2.75) is 36.3 Å². The lowest BCUT2D eigenvalue weighted by Gasteiger charge is -2.15. The van der Waals surface area contributed by atoms with Crippen molar-refractivity contribution in [3.63, 3.8) is 0 Å². The van der Waals surface area contributed by atoms with Crippen LogP contribution in [-0.4, -0.2) is 4.75 Å². The number of thioether (sulfide) groups is 1. The van der Waals surface area contributed by atoms with Crippen LogP contribution in [0.15, 0.2) is 46.9 Å². The van der Waals surface area contributed by atoms with E-state index < -0.39 is 0 Å². The molecule has 0 heterocycles. The van der Waals surface area contributed by atoms with E-state index in [1.165, 1.54) is 23.3 Å². The maximum absolute atomic E-state index is 2.25. The number of benzene rings is 1. The molecule has 0 unspecified atom stereocenters. The highest BCUT2D eigenvalue weighted by atomic mass is 32.2. The Bertz CT molecular complexity index is 334. The third kappa shape index (κ3) is 1.88. The van der Waals surface area contributed by atoms with Gasteiger partial charge in [-0.15, -0.1) is 11.8 Å². The molecule has 1 fully saturated rings. The summed E-state index contributed by atoms with van der Waals surface area (Å²) >= 11 is 2.02. The summed E-state index contributed by atoms with van der Waals surface area (Å²) in [5, 5.41) is 0. The molecule has 0 amide bonds. The van der Waals surface area contributed by atoms with E-state index in [0.717, 1.165) is 0 Å². The van der Waals surface area contributed by atoms with E-state index >= 15 is 0 Å². The lowest BCUT2D eigenvalue weighted by molar-refractivity contribution is 1.06. The van der Waals surface area contributed by atoms with Gasteiger partial charge in [-0.2, -0.15) is 0 Å². The average Bonchev–Trinajstić information content (AvgIpc) is 2.99. The Kier molecular flexibility index (Phi) is 2.69.